The van der Waals surface area contributed by atoms with Gasteiger partial charge in [-0.25, -0.2) is 0 Å². The summed E-state index contributed by atoms with van der Waals surface area (Å²) >= 11 is 2.71. The number of aryl methyl sites for hydroxylation is 2. The SMILES string of the molecule is Cc1cccc(OCc2nnc(SC(C)C(=O)Nc3sc4c(c3C#N)CCCCC4)o2)c1. The number of hydrogen-bond donors (Lipinski definition) is 1. The minimum Gasteiger partial charge on any atom is -0.484 e. The van der Waals surface area contributed by atoms with Crippen molar-refractivity contribution in [2.45, 2.75) is 63.0 Å². The number of nitriles is 1. The van der Waals surface area contributed by atoms with Crippen molar-refractivity contribution in [3.05, 3.63) is 51.7 Å². The van der Waals surface area contributed by atoms with Crippen molar-refractivity contribution >= 4 is 34.0 Å². The fourth-order valence-corrected chi connectivity index (χ4v) is 5.50. The average molecular weight is 469 g/mol. The largest absolute Gasteiger partial charge is 0.484 e. The van der Waals surface area contributed by atoms with E-state index in [0.29, 0.717) is 21.7 Å². The highest BCUT2D eigenvalue weighted by Crippen LogP contribution is 2.37. The van der Waals surface area contributed by atoms with Crippen molar-refractivity contribution in [1.29, 1.82) is 5.26 Å². The molecule has 0 aliphatic heterocycles. The van der Waals surface area contributed by atoms with Crippen molar-refractivity contribution < 1.29 is 13.9 Å². The number of thiophene rings is 1. The molecule has 166 valence electrons. The monoisotopic (exact) mass is 468 g/mol. The molecule has 7 nitrogen and oxygen atoms in total. The van der Waals surface area contributed by atoms with Crippen LogP contribution in [-0.2, 0) is 24.2 Å². The minimum absolute atomic E-state index is 0.157. The number of hydrogen-bond acceptors (Lipinski definition) is 8. The van der Waals surface area contributed by atoms with Gasteiger partial charge in [0.2, 0.25) is 5.91 Å². The number of nitrogens with zero attached hydrogens (tertiary/aromatic N) is 3. The van der Waals surface area contributed by atoms with Crippen LogP contribution in [0.1, 0.15) is 53.6 Å². The van der Waals surface area contributed by atoms with E-state index in [-0.39, 0.29) is 12.5 Å². The average Bonchev–Trinajstić information content (AvgIpc) is 3.28. The van der Waals surface area contributed by atoms with Crippen LogP contribution in [0.5, 0.6) is 5.75 Å². The zero-order valence-electron chi connectivity index (χ0n) is 18.0. The summed E-state index contributed by atoms with van der Waals surface area (Å²) in [5, 5.41) is 21.1. The smallest absolute Gasteiger partial charge is 0.277 e. The molecule has 0 saturated carbocycles. The lowest BCUT2D eigenvalue weighted by Gasteiger charge is -2.09. The van der Waals surface area contributed by atoms with Crippen LogP contribution in [0.4, 0.5) is 5.00 Å². The van der Waals surface area contributed by atoms with Crippen LogP contribution < -0.4 is 10.1 Å². The molecule has 1 N–H and O–H groups in total. The van der Waals surface area contributed by atoms with Gasteiger partial charge >= 0.3 is 0 Å². The van der Waals surface area contributed by atoms with Crippen LogP contribution in [0, 0.1) is 18.3 Å². The molecule has 1 aromatic carbocycles. The normalized spacial score (nSPS) is 14.2. The van der Waals surface area contributed by atoms with E-state index in [4.69, 9.17) is 9.15 Å². The number of nitrogens with one attached hydrogen (secondary N) is 1. The first-order valence-electron chi connectivity index (χ1n) is 10.6. The third-order valence-electron chi connectivity index (χ3n) is 5.22. The van der Waals surface area contributed by atoms with Gasteiger partial charge in [-0.2, -0.15) is 5.26 Å². The molecule has 0 bridgehead atoms. The summed E-state index contributed by atoms with van der Waals surface area (Å²) in [5.74, 6) is 0.877. The molecule has 0 spiro atoms. The number of ether oxygens (including phenoxy) is 1. The molecular formula is C23H24N4O3S2. The predicted molar refractivity (Wildman–Crippen MR) is 124 cm³/mol. The Morgan fingerprint density at radius 3 is 3.00 bits per heavy atom. The predicted octanol–water partition coefficient (Wildman–Crippen LogP) is 5.28. The van der Waals surface area contributed by atoms with Gasteiger partial charge in [0.15, 0.2) is 6.61 Å². The number of carbonyl (C=O) groups excluding carboxylic acids is 1. The molecule has 1 unspecified atom stereocenters. The third kappa shape index (κ3) is 5.31. The lowest BCUT2D eigenvalue weighted by molar-refractivity contribution is -0.115. The number of carbonyl (C=O) groups is 1. The molecule has 2 heterocycles. The Kier molecular flexibility index (Phi) is 7.12. The first-order valence-corrected chi connectivity index (χ1v) is 12.3. The van der Waals surface area contributed by atoms with Crippen LogP contribution in [-0.4, -0.2) is 21.4 Å². The van der Waals surface area contributed by atoms with E-state index in [1.807, 2.05) is 31.2 Å². The minimum atomic E-state index is -0.463. The lowest BCUT2D eigenvalue weighted by atomic mass is 10.1. The maximum Gasteiger partial charge on any atom is 0.277 e. The van der Waals surface area contributed by atoms with Crippen molar-refractivity contribution in [2.24, 2.45) is 0 Å². The molecule has 0 saturated heterocycles. The highest BCUT2D eigenvalue weighted by molar-refractivity contribution is 8.00. The Morgan fingerprint density at radius 1 is 1.34 bits per heavy atom. The van der Waals surface area contributed by atoms with Gasteiger partial charge in [-0.05, 0) is 62.8 Å². The van der Waals surface area contributed by atoms with Gasteiger partial charge in [0.25, 0.3) is 11.1 Å². The second-order valence-electron chi connectivity index (χ2n) is 7.70. The second kappa shape index (κ2) is 10.2. The van der Waals surface area contributed by atoms with Gasteiger partial charge in [0, 0.05) is 4.88 Å². The van der Waals surface area contributed by atoms with Crippen molar-refractivity contribution in [3.8, 4) is 11.8 Å². The number of benzene rings is 1. The van der Waals surface area contributed by atoms with E-state index in [1.165, 1.54) is 34.4 Å². The van der Waals surface area contributed by atoms with Crippen LogP contribution in [0.3, 0.4) is 0 Å². The Morgan fingerprint density at radius 2 is 2.19 bits per heavy atom. The molecule has 32 heavy (non-hydrogen) atoms. The van der Waals surface area contributed by atoms with E-state index in [0.717, 1.165) is 42.6 Å². The van der Waals surface area contributed by atoms with Crippen molar-refractivity contribution in [2.75, 3.05) is 5.32 Å². The topological polar surface area (TPSA) is 101 Å². The molecule has 1 aliphatic rings. The Labute approximate surface area is 195 Å². The van der Waals surface area contributed by atoms with Crippen LogP contribution in [0.2, 0.25) is 0 Å². The van der Waals surface area contributed by atoms with Crippen LogP contribution >= 0.6 is 23.1 Å². The first-order chi connectivity index (χ1) is 15.5. The van der Waals surface area contributed by atoms with Crippen molar-refractivity contribution in [3.63, 3.8) is 0 Å². The zero-order valence-corrected chi connectivity index (χ0v) is 19.6. The van der Waals surface area contributed by atoms with Gasteiger partial charge in [-0.15, -0.1) is 21.5 Å². The van der Waals surface area contributed by atoms with E-state index in [9.17, 15) is 10.1 Å². The van der Waals surface area contributed by atoms with Crippen LogP contribution in [0.25, 0.3) is 0 Å². The summed E-state index contributed by atoms with van der Waals surface area (Å²) < 4.78 is 11.3. The number of amides is 1. The van der Waals surface area contributed by atoms with Gasteiger partial charge < -0.3 is 14.5 Å². The number of thioether (sulfide) groups is 1. The summed E-state index contributed by atoms with van der Waals surface area (Å²) in [5.41, 5.74) is 2.83. The highest BCUT2D eigenvalue weighted by Gasteiger charge is 2.24. The summed E-state index contributed by atoms with van der Waals surface area (Å²) in [6.07, 6.45) is 5.29. The molecule has 0 radical (unpaired) electrons. The number of fused-ring (bicyclic) bond motifs is 1. The number of anilines is 1. The molecule has 1 amide bonds. The molecule has 9 heteroatoms. The van der Waals surface area contributed by atoms with E-state index in [2.05, 4.69) is 21.6 Å². The Hall–Kier alpha value is -2.83. The maximum absolute atomic E-state index is 12.8. The Bertz CT molecular complexity index is 1150. The van der Waals surface area contributed by atoms with Gasteiger partial charge in [-0.1, -0.05) is 30.3 Å². The summed E-state index contributed by atoms with van der Waals surface area (Å²) in [6, 6.07) is 10.0. The van der Waals surface area contributed by atoms with Gasteiger partial charge in [-0.3, -0.25) is 4.79 Å². The Balaban J connectivity index is 1.35. The van der Waals surface area contributed by atoms with Gasteiger partial charge in [0.1, 0.15) is 16.8 Å². The summed E-state index contributed by atoms with van der Waals surface area (Å²) in [6.45, 7) is 3.93. The molecule has 2 aromatic heterocycles. The fourth-order valence-electron chi connectivity index (χ4n) is 3.56. The van der Waals surface area contributed by atoms with E-state index < -0.39 is 5.25 Å². The van der Waals surface area contributed by atoms with Crippen LogP contribution in [0.15, 0.2) is 33.9 Å². The first kappa shape index (κ1) is 22.4. The van der Waals surface area contributed by atoms with Gasteiger partial charge in [0.05, 0.1) is 10.8 Å². The standard InChI is InChI=1S/C23H24N4O3S2/c1-14-7-6-8-16(11-14)29-13-20-26-27-23(30-20)31-15(2)21(28)25-22-18(12-24)17-9-4-3-5-10-19(17)32-22/h6-8,11,15H,3-5,9-10,13H2,1-2H3,(H,25,28). The summed E-state index contributed by atoms with van der Waals surface area (Å²) in [4.78, 5) is 14.0. The quantitative estimate of drug-likeness (QED) is 0.372. The molecular weight excluding hydrogens is 444 g/mol. The molecule has 3 aromatic rings. The molecule has 4 rings (SSSR count). The fraction of sp³-hybridized carbons (Fsp3) is 0.391. The lowest BCUT2D eigenvalue weighted by Crippen LogP contribution is -2.22. The third-order valence-corrected chi connectivity index (χ3v) is 7.36. The summed E-state index contributed by atoms with van der Waals surface area (Å²) in [7, 11) is 0. The molecule has 1 atom stereocenters. The van der Waals surface area contributed by atoms with Crippen molar-refractivity contribution in [1.82, 2.24) is 10.2 Å². The number of rotatable bonds is 7. The van der Waals surface area contributed by atoms with E-state index in [1.54, 1.807) is 6.92 Å². The number of aromatic nitrogens is 2. The molecule has 0 fully saturated rings. The molecule has 1 aliphatic carbocycles. The highest BCUT2D eigenvalue weighted by atomic mass is 32.2. The zero-order chi connectivity index (χ0) is 22.5. The van der Waals surface area contributed by atoms with E-state index >= 15 is 0 Å². The maximum atomic E-state index is 12.8. The second-order valence-corrected chi connectivity index (χ2v) is 10.1.